The Bertz CT molecular complexity index is 270. The van der Waals surface area contributed by atoms with Gasteiger partial charge in [0.1, 0.15) is 0 Å². The summed E-state index contributed by atoms with van der Waals surface area (Å²) in [5.74, 6) is 0.661. The van der Waals surface area contributed by atoms with Gasteiger partial charge in [-0.25, -0.2) is 0 Å². The highest BCUT2D eigenvalue weighted by Crippen LogP contribution is 2.32. The van der Waals surface area contributed by atoms with Crippen LogP contribution in [0.4, 0.5) is 0 Å². The Labute approximate surface area is 132 Å². The highest BCUT2D eigenvalue weighted by molar-refractivity contribution is 4.90. The number of aliphatic hydroxyl groups excluding tert-OH is 1. The lowest BCUT2D eigenvalue weighted by atomic mass is 9.83. The highest BCUT2D eigenvalue weighted by atomic mass is 16.5. The van der Waals surface area contributed by atoms with Crippen LogP contribution in [0.1, 0.15) is 72.1 Å². The summed E-state index contributed by atoms with van der Waals surface area (Å²) in [5, 5.41) is 10.3. The molecule has 1 aliphatic rings. The quantitative estimate of drug-likeness (QED) is 0.657. The van der Waals surface area contributed by atoms with E-state index in [0.29, 0.717) is 12.0 Å². The van der Waals surface area contributed by atoms with Crippen molar-refractivity contribution < 1.29 is 9.84 Å². The fourth-order valence-electron chi connectivity index (χ4n) is 3.56. The molecule has 0 radical (unpaired) electrons. The molecule has 3 heteroatoms. The molecule has 21 heavy (non-hydrogen) atoms. The summed E-state index contributed by atoms with van der Waals surface area (Å²) in [6, 6.07) is 0.231. The van der Waals surface area contributed by atoms with Crippen LogP contribution in [0.5, 0.6) is 0 Å². The van der Waals surface area contributed by atoms with Crippen molar-refractivity contribution in [3.05, 3.63) is 0 Å². The Kier molecular flexibility index (Phi) is 8.84. The van der Waals surface area contributed by atoms with E-state index < -0.39 is 0 Å². The monoisotopic (exact) mass is 299 g/mol. The minimum Gasteiger partial charge on any atom is -0.389 e. The first-order valence-electron chi connectivity index (χ1n) is 9.01. The predicted octanol–water partition coefficient (Wildman–Crippen LogP) is 3.84. The van der Waals surface area contributed by atoms with Crippen LogP contribution in [0.3, 0.4) is 0 Å². The number of hydrogen-bond donors (Lipinski definition) is 1. The lowest BCUT2D eigenvalue weighted by Gasteiger charge is -2.43. The van der Waals surface area contributed by atoms with Crippen LogP contribution in [0.15, 0.2) is 0 Å². The molecule has 126 valence electrons. The maximum Gasteiger partial charge on any atom is 0.0954 e. The van der Waals surface area contributed by atoms with Crippen molar-refractivity contribution in [1.29, 1.82) is 0 Å². The van der Waals surface area contributed by atoms with Gasteiger partial charge in [0.25, 0.3) is 0 Å². The van der Waals surface area contributed by atoms with Crippen molar-refractivity contribution in [3.63, 3.8) is 0 Å². The first kappa shape index (κ1) is 18.9. The molecule has 1 saturated heterocycles. The second-order valence-electron chi connectivity index (χ2n) is 7.03. The molecule has 1 fully saturated rings. The molecule has 1 heterocycles. The van der Waals surface area contributed by atoms with Crippen LogP contribution < -0.4 is 0 Å². The second-order valence-corrected chi connectivity index (χ2v) is 7.03. The van der Waals surface area contributed by atoms with Gasteiger partial charge in [0.15, 0.2) is 0 Å². The summed E-state index contributed by atoms with van der Waals surface area (Å²) in [7, 11) is 4.14. The van der Waals surface area contributed by atoms with Crippen LogP contribution >= 0.6 is 0 Å². The number of likely N-dealkylation sites (N-methyl/N-ethyl adjacent to an activating group) is 1. The third-order valence-corrected chi connectivity index (χ3v) is 5.03. The van der Waals surface area contributed by atoms with Crippen LogP contribution in [0.2, 0.25) is 0 Å². The Hall–Kier alpha value is -0.120. The Balaban J connectivity index is 2.65. The van der Waals surface area contributed by atoms with Crippen molar-refractivity contribution in [1.82, 2.24) is 4.90 Å². The third-order valence-electron chi connectivity index (χ3n) is 5.03. The van der Waals surface area contributed by atoms with E-state index in [1.165, 1.54) is 44.9 Å². The highest BCUT2D eigenvalue weighted by Gasteiger charge is 2.38. The zero-order valence-electron chi connectivity index (χ0n) is 14.8. The molecule has 5 unspecified atom stereocenters. The van der Waals surface area contributed by atoms with E-state index in [9.17, 15) is 5.11 Å². The normalized spacial score (nSPS) is 31.6. The molecule has 0 amide bonds. The Morgan fingerprint density at radius 1 is 1.10 bits per heavy atom. The van der Waals surface area contributed by atoms with E-state index >= 15 is 0 Å². The molecule has 0 saturated carbocycles. The summed E-state index contributed by atoms with van der Waals surface area (Å²) < 4.78 is 6.19. The minimum atomic E-state index is -0.362. The Morgan fingerprint density at radius 2 is 1.71 bits per heavy atom. The summed E-state index contributed by atoms with van der Waals surface area (Å²) in [4.78, 5) is 2.17. The van der Waals surface area contributed by atoms with Crippen LogP contribution in [0.25, 0.3) is 0 Å². The summed E-state index contributed by atoms with van der Waals surface area (Å²) >= 11 is 0. The van der Waals surface area contributed by atoms with Gasteiger partial charge < -0.3 is 14.7 Å². The van der Waals surface area contributed by atoms with E-state index in [1.54, 1.807) is 0 Å². The van der Waals surface area contributed by atoms with Gasteiger partial charge in [-0.2, -0.15) is 0 Å². The first-order valence-corrected chi connectivity index (χ1v) is 9.01. The van der Waals surface area contributed by atoms with Crippen molar-refractivity contribution in [3.8, 4) is 0 Å². The SMILES string of the molecule is CCCCCC(CCCC)C1CC(N(C)C)C(O)C(C)O1. The van der Waals surface area contributed by atoms with Gasteiger partial charge in [0, 0.05) is 6.04 Å². The zero-order valence-corrected chi connectivity index (χ0v) is 14.8. The molecule has 1 rings (SSSR count). The van der Waals surface area contributed by atoms with Gasteiger partial charge in [-0.05, 0) is 46.2 Å². The summed E-state index contributed by atoms with van der Waals surface area (Å²) in [6.45, 7) is 6.55. The fraction of sp³-hybridized carbons (Fsp3) is 1.00. The smallest absolute Gasteiger partial charge is 0.0954 e. The lowest BCUT2D eigenvalue weighted by Crippen LogP contribution is -2.54. The maximum absolute atomic E-state index is 10.3. The van der Waals surface area contributed by atoms with Gasteiger partial charge in [0.05, 0.1) is 18.3 Å². The molecule has 1 aliphatic heterocycles. The molecule has 0 spiro atoms. The molecule has 0 aromatic rings. The van der Waals surface area contributed by atoms with E-state index in [1.807, 2.05) is 6.92 Å². The van der Waals surface area contributed by atoms with Crippen molar-refractivity contribution in [2.75, 3.05) is 14.1 Å². The largest absolute Gasteiger partial charge is 0.389 e. The lowest BCUT2D eigenvalue weighted by molar-refractivity contribution is -0.157. The maximum atomic E-state index is 10.3. The van der Waals surface area contributed by atoms with Gasteiger partial charge in [-0.3, -0.25) is 0 Å². The average molecular weight is 299 g/mol. The van der Waals surface area contributed by atoms with Gasteiger partial charge >= 0.3 is 0 Å². The Morgan fingerprint density at radius 3 is 2.29 bits per heavy atom. The minimum absolute atomic E-state index is 0.0496. The van der Waals surface area contributed by atoms with Gasteiger partial charge in [0.2, 0.25) is 0 Å². The summed E-state index contributed by atoms with van der Waals surface area (Å²) in [5.41, 5.74) is 0. The molecule has 3 nitrogen and oxygen atoms in total. The fourth-order valence-corrected chi connectivity index (χ4v) is 3.56. The number of nitrogens with zero attached hydrogens (tertiary/aromatic N) is 1. The molecular formula is C18H37NO2. The van der Waals surface area contributed by atoms with Crippen molar-refractivity contribution >= 4 is 0 Å². The number of unbranched alkanes of at least 4 members (excludes halogenated alkanes) is 3. The molecule has 5 atom stereocenters. The topological polar surface area (TPSA) is 32.7 Å². The standard InChI is InChI=1S/C18H37NO2/c1-6-8-10-12-15(11-9-7-2)17-13-16(19(4)5)18(20)14(3)21-17/h14-18,20H,6-13H2,1-5H3. The van der Waals surface area contributed by atoms with Gasteiger partial charge in [-0.15, -0.1) is 0 Å². The molecule has 0 aromatic heterocycles. The van der Waals surface area contributed by atoms with E-state index in [-0.39, 0.29) is 18.2 Å². The number of ether oxygens (including phenoxy) is 1. The molecule has 0 aromatic carbocycles. The van der Waals surface area contributed by atoms with E-state index in [4.69, 9.17) is 4.74 Å². The molecular weight excluding hydrogens is 262 g/mol. The number of hydrogen-bond acceptors (Lipinski definition) is 3. The summed E-state index contributed by atoms with van der Waals surface area (Å²) in [6.07, 6.45) is 9.89. The average Bonchev–Trinajstić information content (AvgIpc) is 2.45. The zero-order chi connectivity index (χ0) is 15.8. The van der Waals surface area contributed by atoms with Gasteiger partial charge in [-0.1, -0.05) is 46.0 Å². The number of aliphatic hydroxyl groups is 1. The van der Waals surface area contributed by atoms with Crippen LogP contribution in [-0.4, -0.2) is 48.5 Å². The number of rotatable bonds is 9. The third kappa shape index (κ3) is 5.88. The van der Waals surface area contributed by atoms with E-state index in [0.717, 1.165) is 6.42 Å². The molecule has 0 bridgehead atoms. The molecule has 1 N–H and O–H groups in total. The van der Waals surface area contributed by atoms with Crippen LogP contribution in [0, 0.1) is 5.92 Å². The van der Waals surface area contributed by atoms with Crippen molar-refractivity contribution in [2.45, 2.75) is 96.5 Å². The van der Waals surface area contributed by atoms with Crippen LogP contribution in [-0.2, 0) is 4.74 Å². The predicted molar refractivity (Wildman–Crippen MR) is 89.6 cm³/mol. The first-order chi connectivity index (χ1) is 10.0. The van der Waals surface area contributed by atoms with E-state index in [2.05, 4.69) is 32.8 Å². The molecule has 0 aliphatic carbocycles. The van der Waals surface area contributed by atoms with Crippen molar-refractivity contribution in [2.24, 2.45) is 5.92 Å². The second kappa shape index (κ2) is 9.81.